The smallest absolute Gasteiger partial charge is 0.339 e. The first-order valence-corrected chi connectivity index (χ1v) is 6.57. The summed E-state index contributed by atoms with van der Waals surface area (Å²) in [5.74, 6) is -0.430. The fourth-order valence-corrected chi connectivity index (χ4v) is 2.15. The van der Waals surface area contributed by atoms with Gasteiger partial charge in [0.25, 0.3) is 0 Å². The summed E-state index contributed by atoms with van der Waals surface area (Å²) >= 11 is 5.89. The Balaban J connectivity index is 2.02. The molecule has 0 fully saturated rings. The second-order valence-corrected chi connectivity index (χ2v) is 4.85. The number of hydrogen-bond donors (Lipinski definition) is 1. The number of fused-ring (bicyclic) bond motifs is 1. The zero-order chi connectivity index (χ0) is 14.8. The molecule has 1 aromatic heterocycles. The van der Waals surface area contributed by atoms with E-state index in [1.807, 2.05) is 24.3 Å². The van der Waals surface area contributed by atoms with Crippen molar-refractivity contribution in [2.45, 2.75) is 0 Å². The summed E-state index contributed by atoms with van der Waals surface area (Å²) < 4.78 is 5.63. The molecule has 0 saturated heterocycles. The predicted octanol–water partition coefficient (Wildman–Crippen LogP) is 4.38. The molecule has 4 nitrogen and oxygen atoms in total. The van der Waals surface area contributed by atoms with E-state index in [4.69, 9.17) is 21.4 Å². The van der Waals surface area contributed by atoms with E-state index >= 15 is 0 Å². The number of aromatic carboxylic acids is 1. The van der Waals surface area contributed by atoms with Crippen LogP contribution in [-0.4, -0.2) is 16.1 Å². The summed E-state index contributed by atoms with van der Waals surface area (Å²) in [6.07, 6.45) is 1.55. The molecule has 0 aliphatic heterocycles. The van der Waals surface area contributed by atoms with Gasteiger partial charge in [-0.25, -0.2) is 4.79 Å². The van der Waals surface area contributed by atoms with Crippen LogP contribution >= 0.6 is 11.6 Å². The number of carbonyl (C=O) groups is 1. The van der Waals surface area contributed by atoms with Gasteiger partial charge >= 0.3 is 5.97 Å². The molecule has 0 radical (unpaired) electrons. The molecule has 0 amide bonds. The van der Waals surface area contributed by atoms with Crippen LogP contribution in [0.2, 0.25) is 5.02 Å². The normalized spacial score (nSPS) is 10.5. The molecule has 2 aromatic carbocycles. The Hall–Kier alpha value is -2.59. The van der Waals surface area contributed by atoms with Crippen LogP contribution in [0, 0.1) is 0 Å². The fourth-order valence-electron chi connectivity index (χ4n) is 1.99. The van der Waals surface area contributed by atoms with Crippen LogP contribution in [0.5, 0.6) is 11.5 Å². The highest BCUT2D eigenvalue weighted by molar-refractivity contribution is 6.30. The van der Waals surface area contributed by atoms with Crippen molar-refractivity contribution in [2.24, 2.45) is 0 Å². The highest BCUT2D eigenvalue weighted by Crippen LogP contribution is 2.29. The summed E-state index contributed by atoms with van der Waals surface area (Å²) in [6, 6.07) is 13.8. The van der Waals surface area contributed by atoms with Crippen molar-refractivity contribution in [3.05, 3.63) is 65.3 Å². The topological polar surface area (TPSA) is 59.4 Å². The maximum atomic E-state index is 11.2. The molecular formula is C16H10ClNO3. The third-order valence-corrected chi connectivity index (χ3v) is 3.20. The average Bonchev–Trinajstić information content (AvgIpc) is 2.47. The highest BCUT2D eigenvalue weighted by Gasteiger charge is 2.13. The Bertz CT molecular complexity index is 833. The third-order valence-electron chi connectivity index (χ3n) is 2.97. The van der Waals surface area contributed by atoms with Crippen LogP contribution in [0.15, 0.2) is 54.7 Å². The minimum atomic E-state index is -1.07. The van der Waals surface area contributed by atoms with E-state index in [2.05, 4.69) is 4.98 Å². The van der Waals surface area contributed by atoms with E-state index in [9.17, 15) is 4.79 Å². The van der Waals surface area contributed by atoms with Gasteiger partial charge < -0.3 is 9.84 Å². The Morgan fingerprint density at radius 1 is 1.14 bits per heavy atom. The van der Waals surface area contributed by atoms with Gasteiger partial charge in [0, 0.05) is 16.5 Å². The van der Waals surface area contributed by atoms with Crippen molar-refractivity contribution in [1.29, 1.82) is 0 Å². The van der Waals surface area contributed by atoms with Crippen LogP contribution in [0.3, 0.4) is 0 Å². The quantitative estimate of drug-likeness (QED) is 0.779. The van der Waals surface area contributed by atoms with Gasteiger partial charge in [-0.05, 0) is 24.3 Å². The van der Waals surface area contributed by atoms with Crippen molar-refractivity contribution in [3.8, 4) is 11.5 Å². The molecule has 1 N–H and O–H groups in total. The summed E-state index contributed by atoms with van der Waals surface area (Å²) in [5.41, 5.74) is 0.891. The zero-order valence-electron chi connectivity index (χ0n) is 10.8. The molecular weight excluding hydrogens is 290 g/mol. The van der Waals surface area contributed by atoms with Crippen LogP contribution in [0.4, 0.5) is 0 Å². The lowest BCUT2D eigenvalue weighted by Gasteiger charge is -2.09. The minimum absolute atomic E-state index is 0.0487. The Morgan fingerprint density at radius 2 is 1.95 bits per heavy atom. The van der Waals surface area contributed by atoms with Crippen LogP contribution < -0.4 is 4.74 Å². The zero-order valence-corrected chi connectivity index (χ0v) is 11.5. The summed E-state index contributed by atoms with van der Waals surface area (Å²) in [5, 5.41) is 10.5. The predicted molar refractivity (Wildman–Crippen MR) is 80.2 cm³/mol. The molecule has 1 heterocycles. The van der Waals surface area contributed by atoms with Gasteiger partial charge in [0.15, 0.2) is 0 Å². The largest absolute Gasteiger partial charge is 0.478 e. The number of hydrogen-bond acceptors (Lipinski definition) is 3. The summed E-state index contributed by atoms with van der Waals surface area (Å²) in [4.78, 5) is 15.5. The van der Waals surface area contributed by atoms with E-state index in [-0.39, 0.29) is 11.3 Å². The number of pyridine rings is 1. The number of ether oxygens (including phenoxy) is 1. The first-order chi connectivity index (χ1) is 10.1. The SMILES string of the molecule is O=C(O)c1ccc(Cl)cc1Oc1cnc2ccccc2c1. The fraction of sp³-hybridized carbons (Fsp3) is 0. The molecule has 0 unspecified atom stereocenters. The Labute approximate surface area is 125 Å². The Kier molecular flexibility index (Phi) is 3.46. The summed E-state index contributed by atoms with van der Waals surface area (Å²) in [6.45, 7) is 0. The molecule has 0 aliphatic carbocycles. The molecule has 3 aromatic rings. The van der Waals surface area contributed by atoms with Crippen molar-refractivity contribution in [2.75, 3.05) is 0 Å². The minimum Gasteiger partial charge on any atom is -0.478 e. The number of halogens is 1. The van der Waals surface area contributed by atoms with Crippen molar-refractivity contribution in [3.63, 3.8) is 0 Å². The molecule has 0 saturated carbocycles. The van der Waals surface area contributed by atoms with Gasteiger partial charge in [0.1, 0.15) is 17.1 Å². The van der Waals surface area contributed by atoms with Gasteiger partial charge in [0.2, 0.25) is 0 Å². The van der Waals surface area contributed by atoms with E-state index in [0.29, 0.717) is 10.8 Å². The van der Waals surface area contributed by atoms with Gasteiger partial charge in [0.05, 0.1) is 11.7 Å². The number of aromatic nitrogens is 1. The van der Waals surface area contributed by atoms with E-state index in [1.165, 1.54) is 18.2 Å². The monoisotopic (exact) mass is 299 g/mol. The first-order valence-electron chi connectivity index (χ1n) is 6.19. The lowest BCUT2D eigenvalue weighted by atomic mass is 10.2. The number of carboxylic acids is 1. The molecule has 0 bridgehead atoms. The van der Waals surface area contributed by atoms with Crippen molar-refractivity contribution in [1.82, 2.24) is 4.98 Å². The van der Waals surface area contributed by atoms with Gasteiger partial charge in [-0.15, -0.1) is 0 Å². The van der Waals surface area contributed by atoms with Crippen molar-refractivity contribution >= 4 is 28.5 Å². The van der Waals surface area contributed by atoms with E-state index in [0.717, 1.165) is 10.9 Å². The second kappa shape index (κ2) is 5.42. The highest BCUT2D eigenvalue weighted by atomic mass is 35.5. The van der Waals surface area contributed by atoms with E-state index in [1.54, 1.807) is 12.3 Å². The lowest BCUT2D eigenvalue weighted by Crippen LogP contribution is -2.00. The number of benzene rings is 2. The van der Waals surface area contributed by atoms with Gasteiger partial charge in [-0.2, -0.15) is 0 Å². The number of carboxylic acid groups (broad SMARTS) is 1. The number of rotatable bonds is 3. The number of para-hydroxylation sites is 1. The molecule has 3 rings (SSSR count). The van der Waals surface area contributed by atoms with E-state index < -0.39 is 5.97 Å². The third kappa shape index (κ3) is 2.80. The lowest BCUT2D eigenvalue weighted by molar-refractivity contribution is 0.0694. The molecule has 0 spiro atoms. The van der Waals surface area contributed by atoms with Gasteiger partial charge in [-0.1, -0.05) is 29.8 Å². The van der Waals surface area contributed by atoms with Gasteiger partial charge in [-0.3, -0.25) is 4.98 Å². The standard InChI is InChI=1S/C16H10ClNO3/c17-11-5-6-13(16(19)20)15(8-11)21-12-7-10-3-1-2-4-14(10)18-9-12/h1-9H,(H,19,20). The second-order valence-electron chi connectivity index (χ2n) is 4.41. The van der Waals surface area contributed by atoms with Crippen LogP contribution in [-0.2, 0) is 0 Å². The first kappa shape index (κ1) is 13.4. The molecule has 0 atom stereocenters. The number of nitrogens with zero attached hydrogens (tertiary/aromatic N) is 1. The summed E-state index contributed by atoms with van der Waals surface area (Å²) in [7, 11) is 0. The van der Waals surface area contributed by atoms with Crippen molar-refractivity contribution < 1.29 is 14.6 Å². The molecule has 21 heavy (non-hydrogen) atoms. The molecule has 104 valence electrons. The Morgan fingerprint density at radius 3 is 2.76 bits per heavy atom. The maximum Gasteiger partial charge on any atom is 0.339 e. The average molecular weight is 300 g/mol. The van der Waals surface area contributed by atoms with Crippen LogP contribution in [0.25, 0.3) is 10.9 Å². The van der Waals surface area contributed by atoms with Crippen LogP contribution in [0.1, 0.15) is 10.4 Å². The molecule has 5 heteroatoms. The molecule has 0 aliphatic rings. The maximum absolute atomic E-state index is 11.2.